The van der Waals surface area contributed by atoms with Crippen LogP contribution in [0.5, 0.6) is 0 Å². The smallest absolute Gasteiger partial charge is 0.318 e. The van der Waals surface area contributed by atoms with E-state index in [-0.39, 0.29) is 17.9 Å². The number of urea groups is 1. The van der Waals surface area contributed by atoms with Crippen LogP contribution in [-0.2, 0) is 11.3 Å². The van der Waals surface area contributed by atoms with Crippen molar-refractivity contribution < 1.29 is 14.4 Å². The lowest BCUT2D eigenvalue weighted by molar-refractivity contribution is -0.118. The van der Waals surface area contributed by atoms with Crippen LogP contribution in [0.1, 0.15) is 41.3 Å². The van der Waals surface area contributed by atoms with E-state index in [1.807, 2.05) is 93.6 Å². The molecule has 4 amide bonds. The first-order valence-corrected chi connectivity index (χ1v) is 15.5. The van der Waals surface area contributed by atoms with Gasteiger partial charge in [-0.1, -0.05) is 49.4 Å². The van der Waals surface area contributed by atoms with E-state index in [0.29, 0.717) is 50.5 Å². The fourth-order valence-corrected chi connectivity index (χ4v) is 5.92. The molecule has 4 N–H and O–H groups in total. The topological polar surface area (TPSA) is 113 Å². The molecule has 4 aromatic rings. The summed E-state index contributed by atoms with van der Waals surface area (Å²) in [7, 11) is 3.92. The number of anilines is 2. The minimum atomic E-state index is -0.913. The van der Waals surface area contributed by atoms with Crippen molar-refractivity contribution >= 4 is 40.1 Å². The van der Waals surface area contributed by atoms with Crippen molar-refractivity contribution in [3.8, 4) is 0 Å². The van der Waals surface area contributed by atoms with E-state index in [1.54, 1.807) is 11.0 Å². The van der Waals surface area contributed by atoms with E-state index >= 15 is 0 Å². The second-order valence-electron chi connectivity index (χ2n) is 11.8. The number of para-hydroxylation sites is 2. The zero-order valence-electron chi connectivity index (χ0n) is 26.5. The highest BCUT2D eigenvalue weighted by Gasteiger charge is 2.33. The number of benzene rings is 3. The average molecular weight is 610 g/mol. The van der Waals surface area contributed by atoms with Gasteiger partial charge in [-0.25, -0.2) is 4.79 Å². The molecule has 0 aliphatic carbocycles. The molecule has 1 saturated heterocycles. The van der Waals surface area contributed by atoms with E-state index in [0.717, 1.165) is 27.7 Å². The van der Waals surface area contributed by atoms with Gasteiger partial charge in [-0.15, -0.1) is 0 Å². The van der Waals surface area contributed by atoms with E-state index < -0.39 is 11.9 Å². The van der Waals surface area contributed by atoms with Crippen molar-refractivity contribution in [3.63, 3.8) is 0 Å². The number of hydrogen-bond acceptors (Lipinski definition) is 5. The van der Waals surface area contributed by atoms with Gasteiger partial charge in [-0.2, -0.15) is 0 Å². The number of fused-ring (bicyclic) bond motifs is 1. The standard InChI is InChI=1S/C35H43N7O3/c1-5-36-33(43)28-16-15-25(23-40(3)4)21-31(28)38-34(44)32(24(2)29-22-37-30-14-10-9-13-27(29)30)39-35(45)42-19-17-41(18-20-42)26-11-7-6-8-12-26/h6-16,21-22,24,32,37H,5,17-20,23H2,1-4H3,(H,36,43)(H,38,44)(H,39,45). The Kier molecular flexibility index (Phi) is 10.0. The van der Waals surface area contributed by atoms with Gasteiger partial charge in [0.1, 0.15) is 6.04 Å². The Morgan fingerprint density at radius 1 is 0.933 bits per heavy atom. The highest BCUT2D eigenvalue weighted by molar-refractivity contribution is 6.06. The second kappa shape index (κ2) is 14.3. The van der Waals surface area contributed by atoms with Crippen LogP contribution in [-0.4, -0.2) is 85.5 Å². The number of aromatic nitrogens is 1. The number of hydrogen-bond donors (Lipinski definition) is 4. The van der Waals surface area contributed by atoms with Crippen LogP contribution in [0.15, 0.2) is 79.0 Å². The molecule has 1 aromatic heterocycles. The van der Waals surface area contributed by atoms with E-state index in [9.17, 15) is 14.4 Å². The number of nitrogens with zero attached hydrogens (tertiary/aromatic N) is 3. The van der Waals surface area contributed by atoms with Gasteiger partial charge >= 0.3 is 6.03 Å². The van der Waals surface area contributed by atoms with Gasteiger partial charge in [0.05, 0.1) is 11.3 Å². The molecule has 2 unspecified atom stereocenters. The lowest BCUT2D eigenvalue weighted by Crippen LogP contribution is -2.56. The van der Waals surface area contributed by atoms with Crippen molar-refractivity contribution in [2.75, 3.05) is 57.0 Å². The van der Waals surface area contributed by atoms with Crippen LogP contribution >= 0.6 is 0 Å². The summed E-state index contributed by atoms with van der Waals surface area (Å²) >= 11 is 0. The number of carbonyl (C=O) groups excluding carboxylic acids is 3. The molecule has 0 spiro atoms. The number of amides is 4. The number of H-pyrrole nitrogens is 1. The Morgan fingerprint density at radius 2 is 1.64 bits per heavy atom. The number of piperazine rings is 1. The molecule has 10 heteroatoms. The predicted octanol–water partition coefficient (Wildman–Crippen LogP) is 4.62. The molecule has 10 nitrogen and oxygen atoms in total. The Labute approximate surface area is 264 Å². The molecule has 2 atom stereocenters. The van der Waals surface area contributed by atoms with Crippen molar-refractivity contribution in [2.24, 2.45) is 0 Å². The zero-order chi connectivity index (χ0) is 31.9. The monoisotopic (exact) mass is 609 g/mol. The van der Waals surface area contributed by atoms with Crippen LogP contribution in [0.2, 0.25) is 0 Å². The summed E-state index contributed by atoms with van der Waals surface area (Å²) in [5.41, 5.74) is 4.73. The molecule has 0 bridgehead atoms. The zero-order valence-corrected chi connectivity index (χ0v) is 26.5. The summed E-state index contributed by atoms with van der Waals surface area (Å²) in [5.74, 6) is -1.05. The molecular formula is C35H43N7O3. The third kappa shape index (κ3) is 7.46. The van der Waals surface area contributed by atoms with E-state index in [4.69, 9.17) is 0 Å². The van der Waals surface area contributed by atoms with Crippen molar-refractivity contribution in [1.29, 1.82) is 0 Å². The number of nitrogens with one attached hydrogen (secondary N) is 4. The summed E-state index contributed by atoms with van der Waals surface area (Å²) < 4.78 is 0. The first-order valence-electron chi connectivity index (χ1n) is 15.5. The van der Waals surface area contributed by atoms with Crippen LogP contribution in [0.4, 0.5) is 16.2 Å². The Hall–Kier alpha value is -4.83. The van der Waals surface area contributed by atoms with Crippen LogP contribution in [0.25, 0.3) is 10.9 Å². The number of rotatable bonds is 10. The van der Waals surface area contributed by atoms with Crippen molar-refractivity contribution in [1.82, 2.24) is 25.4 Å². The quantitative estimate of drug-likeness (QED) is 0.210. The summed E-state index contributed by atoms with van der Waals surface area (Å²) in [6, 6.07) is 22.3. The molecule has 2 heterocycles. The van der Waals surface area contributed by atoms with Gasteiger partial charge in [-0.05, 0) is 62.5 Å². The average Bonchev–Trinajstić information content (AvgIpc) is 3.48. The van der Waals surface area contributed by atoms with Crippen LogP contribution < -0.4 is 20.9 Å². The third-order valence-corrected chi connectivity index (χ3v) is 8.28. The SMILES string of the molecule is CCNC(=O)c1ccc(CN(C)C)cc1NC(=O)C(NC(=O)N1CCN(c2ccccc2)CC1)C(C)c1c[nH]c2ccccc12. The van der Waals surface area contributed by atoms with Gasteiger partial charge < -0.3 is 35.6 Å². The molecule has 1 fully saturated rings. The molecule has 3 aromatic carbocycles. The molecule has 236 valence electrons. The minimum absolute atomic E-state index is 0.272. The van der Waals surface area contributed by atoms with Crippen molar-refractivity contribution in [3.05, 3.63) is 95.7 Å². The first-order chi connectivity index (χ1) is 21.7. The molecule has 0 radical (unpaired) electrons. The van der Waals surface area contributed by atoms with Gasteiger partial charge in [0.25, 0.3) is 5.91 Å². The maximum absolute atomic E-state index is 14.2. The fourth-order valence-electron chi connectivity index (χ4n) is 5.92. The fraction of sp³-hybridized carbons (Fsp3) is 0.343. The predicted molar refractivity (Wildman–Crippen MR) is 180 cm³/mol. The Bertz CT molecular complexity index is 1630. The second-order valence-corrected chi connectivity index (χ2v) is 11.8. The Balaban J connectivity index is 1.41. The van der Waals surface area contributed by atoms with Crippen LogP contribution in [0, 0.1) is 0 Å². The maximum Gasteiger partial charge on any atom is 0.318 e. The number of carbonyl (C=O) groups is 3. The third-order valence-electron chi connectivity index (χ3n) is 8.28. The van der Waals surface area contributed by atoms with Crippen LogP contribution in [0.3, 0.4) is 0 Å². The minimum Gasteiger partial charge on any atom is -0.368 e. The molecule has 1 aliphatic heterocycles. The van der Waals surface area contributed by atoms with Gasteiger partial charge in [0, 0.05) is 68.0 Å². The normalized spacial score (nSPS) is 14.7. The van der Waals surface area contributed by atoms with E-state index in [1.165, 1.54) is 0 Å². The highest BCUT2D eigenvalue weighted by Crippen LogP contribution is 2.29. The maximum atomic E-state index is 14.2. The lowest BCUT2D eigenvalue weighted by Gasteiger charge is -2.37. The molecular weight excluding hydrogens is 566 g/mol. The summed E-state index contributed by atoms with van der Waals surface area (Å²) in [6.07, 6.45) is 1.90. The molecule has 5 rings (SSSR count). The van der Waals surface area contributed by atoms with Gasteiger partial charge in [0.15, 0.2) is 0 Å². The van der Waals surface area contributed by atoms with E-state index in [2.05, 4.69) is 38.0 Å². The van der Waals surface area contributed by atoms with Gasteiger partial charge in [0.2, 0.25) is 5.91 Å². The molecule has 1 aliphatic rings. The summed E-state index contributed by atoms with van der Waals surface area (Å²) in [6.45, 7) is 7.35. The molecule has 45 heavy (non-hydrogen) atoms. The summed E-state index contributed by atoms with van der Waals surface area (Å²) in [5, 5.41) is 9.92. The van der Waals surface area contributed by atoms with Gasteiger partial charge in [-0.3, -0.25) is 9.59 Å². The highest BCUT2D eigenvalue weighted by atomic mass is 16.2. The van der Waals surface area contributed by atoms with Crippen molar-refractivity contribution in [2.45, 2.75) is 32.4 Å². The Morgan fingerprint density at radius 3 is 2.36 bits per heavy atom. The summed E-state index contributed by atoms with van der Waals surface area (Å²) in [4.78, 5) is 50.2. The largest absolute Gasteiger partial charge is 0.368 e. The molecule has 0 saturated carbocycles. The lowest BCUT2D eigenvalue weighted by atomic mass is 9.92. The number of aromatic amines is 1. The first kappa shape index (κ1) is 31.6.